The fourth-order valence-corrected chi connectivity index (χ4v) is 4.28. The molecular weight excluding hydrogens is 404 g/mol. The third kappa shape index (κ3) is 2.61. The summed E-state index contributed by atoms with van der Waals surface area (Å²) < 4.78 is 28.4. The van der Waals surface area contributed by atoms with Gasteiger partial charge in [0.25, 0.3) is 0 Å². The van der Waals surface area contributed by atoms with Crippen molar-refractivity contribution in [2.45, 2.75) is 31.2 Å². The first-order valence-corrected chi connectivity index (χ1v) is 9.81. The number of ether oxygens (including phenoxy) is 5. The number of phenols is 1. The van der Waals surface area contributed by atoms with Crippen LogP contribution in [0.4, 0.5) is 0 Å². The van der Waals surface area contributed by atoms with Crippen LogP contribution >= 0.6 is 0 Å². The molecule has 0 radical (unpaired) electrons. The fourth-order valence-electron chi connectivity index (χ4n) is 4.28. The molecule has 0 fully saturated rings. The summed E-state index contributed by atoms with van der Waals surface area (Å²) in [6.45, 7) is 3.67. The molecule has 2 aromatic rings. The van der Waals surface area contributed by atoms with Crippen molar-refractivity contribution < 1.29 is 38.7 Å². The highest BCUT2D eigenvalue weighted by Crippen LogP contribution is 2.53. The van der Waals surface area contributed by atoms with Gasteiger partial charge in [0.05, 0.1) is 19.8 Å². The van der Waals surface area contributed by atoms with Gasteiger partial charge in [-0.15, -0.1) is 0 Å². The molecule has 2 aromatic carbocycles. The predicted octanol–water partition coefficient (Wildman–Crippen LogP) is 2.82. The van der Waals surface area contributed by atoms with E-state index in [1.54, 1.807) is 12.1 Å². The Balaban J connectivity index is 1.70. The number of aliphatic hydroxyl groups is 1. The summed E-state index contributed by atoms with van der Waals surface area (Å²) in [6.07, 6.45) is 2.60. The molecule has 2 atom stereocenters. The van der Waals surface area contributed by atoms with Crippen LogP contribution in [0.1, 0.15) is 35.3 Å². The monoisotopic (exact) mass is 426 g/mol. The molecule has 0 spiro atoms. The maximum Gasteiger partial charge on any atom is 0.210 e. The number of ketones is 1. The van der Waals surface area contributed by atoms with Gasteiger partial charge in [0, 0.05) is 17.7 Å². The Morgan fingerprint density at radius 1 is 1.10 bits per heavy atom. The Morgan fingerprint density at radius 2 is 1.81 bits per heavy atom. The van der Waals surface area contributed by atoms with E-state index in [-0.39, 0.29) is 35.0 Å². The van der Waals surface area contributed by atoms with Crippen LogP contribution in [0.3, 0.4) is 0 Å². The number of rotatable bonds is 2. The summed E-state index contributed by atoms with van der Waals surface area (Å²) >= 11 is 0. The summed E-state index contributed by atoms with van der Waals surface area (Å²) in [5.41, 5.74) is -2.05. The maximum absolute atomic E-state index is 13.6. The molecule has 5 rings (SSSR count). The van der Waals surface area contributed by atoms with E-state index in [9.17, 15) is 15.0 Å². The van der Waals surface area contributed by atoms with Crippen molar-refractivity contribution >= 4 is 11.9 Å². The molecule has 0 saturated carbocycles. The van der Waals surface area contributed by atoms with E-state index in [1.165, 1.54) is 26.4 Å². The van der Waals surface area contributed by atoms with E-state index in [1.807, 2.05) is 19.9 Å². The van der Waals surface area contributed by atoms with Gasteiger partial charge < -0.3 is 33.9 Å². The van der Waals surface area contributed by atoms with Crippen molar-refractivity contribution in [3.63, 3.8) is 0 Å². The largest absolute Gasteiger partial charge is 0.507 e. The normalized spacial score (nSPS) is 24.4. The fraction of sp³-hybridized carbons (Fsp3) is 0.348. The van der Waals surface area contributed by atoms with E-state index in [2.05, 4.69) is 0 Å². The lowest BCUT2D eigenvalue weighted by atomic mass is 9.76. The van der Waals surface area contributed by atoms with E-state index < -0.39 is 23.1 Å². The minimum atomic E-state index is -2.08. The summed E-state index contributed by atoms with van der Waals surface area (Å²) in [4.78, 5) is 13.6. The summed E-state index contributed by atoms with van der Waals surface area (Å²) in [5, 5.41) is 22.3. The number of hydrogen-bond acceptors (Lipinski definition) is 8. The Hall–Kier alpha value is -3.39. The first-order chi connectivity index (χ1) is 14.7. The number of aromatic hydroxyl groups is 1. The molecule has 0 aromatic heterocycles. The average Bonchev–Trinajstić information content (AvgIpc) is 2.73. The molecule has 0 bridgehead atoms. The van der Waals surface area contributed by atoms with Crippen LogP contribution in [0.2, 0.25) is 0 Å². The molecule has 162 valence electrons. The van der Waals surface area contributed by atoms with Crippen molar-refractivity contribution in [1.29, 1.82) is 0 Å². The van der Waals surface area contributed by atoms with Crippen molar-refractivity contribution in [2.75, 3.05) is 20.8 Å². The Labute approximate surface area is 178 Å². The molecule has 1 unspecified atom stereocenters. The molecule has 31 heavy (non-hydrogen) atoms. The number of fused-ring (bicyclic) bond motifs is 6. The van der Waals surface area contributed by atoms with E-state index in [0.717, 1.165) is 0 Å². The van der Waals surface area contributed by atoms with Gasteiger partial charge in [-0.3, -0.25) is 4.79 Å². The third-order valence-corrected chi connectivity index (χ3v) is 5.87. The van der Waals surface area contributed by atoms with Crippen LogP contribution in [0.5, 0.6) is 34.5 Å². The number of Topliss-reactive ketones (excluding diaryl/α,β-unsaturated/α-hetero) is 1. The minimum Gasteiger partial charge on any atom is -0.507 e. The van der Waals surface area contributed by atoms with Crippen LogP contribution in [0.25, 0.3) is 6.08 Å². The highest BCUT2D eigenvalue weighted by molar-refractivity contribution is 6.10. The van der Waals surface area contributed by atoms with Gasteiger partial charge in [-0.25, -0.2) is 0 Å². The number of methoxy groups -OCH3 is 2. The molecule has 3 aliphatic heterocycles. The van der Waals surface area contributed by atoms with E-state index in [0.29, 0.717) is 22.8 Å². The SMILES string of the molecule is COc1cc2c(cc1OC)[C@@]1(O)C(=O)c3c(O)cc4c(c3OC1CO2)C=CC(C)(C)O4. The van der Waals surface area contributed by atoms with Crippen LogP contribution < -0.4 is 23.7 Å². The van der Waals surface area contributed by atoms with Crippen molar-refractivity contribution in [3.8, 4) is 34.5 Å². The smallest absolute Gasteiger partial charge is 0.210 e. The summed E-state index contributed by atoms with van der Waals surface area (Å²) in [5.74, 6) is 0.540. The van der Waals surface area contributed by atoms with Crippen molar-refractivity contribution in [3.05, 3.63) is 41.0 Å². The van der Waals surface area contributed by atoms with Crippen molar-refractivity contribution in [2.24, 2.45) is 0 Å². The van der Waals surface area contributed by atoms with Crippen LogP contribution in [-0.2, 0) is 5.60 Å². The van der Waals surface area contributed by atoms with E-state index in [4.69, 9.17) is 23.7 Å². The molecule has 0 amide bonds. The zero-order valence-corrected chi connectivity index (χ0v) is 17.5. The number of phenolic OH excluding ortho intramolecular Hbond substituents is 1. The molecule has 3 heterocycles. The Morgan fingerprint density at radius 3 is 2.52 bits per heavy atom. The maximum atomic E-state index is 13.6. The van der Waals surface area contributed by atoms with Crippen LogP contribution in [0.15, 0.2) is 24.3 Å². The van der Waals surface area contributed by atoms with Gasteiger partial charge in [-0.05, 0) is 32.1 Å². The third-order valence-electron chi connectivity index (χ3n) is 5.87. The quantitative estimate of drug-likeness (QED) is 0.756. The first-order valence-electron chi connectivity index (χ1n) is 9.81. The second kappa shape index (κ2) is 6.31. The van der Waals surface area contributed by atoms with Crippen LogP contribution in [0, 0.1) is 0 Å². The highest BCUT2D eigenvalue weighted by atomic mass is 16.6. The summed E-state index contributed by atoms with van der Waals surface area (Å²) in [7, 11) is 2.93. The zero-order valence-electron chi connectivity index (χ0n) is 17.5. The van der Waals surface area contributed by atoms with Gasteiger partial charge in [0.2, 0.25) is 5.78 Å². The molecular formula is C23H22O8. The van der Waals surface area contributed by atoms with Gasteiger partial charge >= 0.3 is 0 Å². The average molecular weight is 426 g/mol. The highest BCUT2D eigenvalue weighted by Gasteiger charge is 2.57. The van der Waals surface area contributed by atoms with Gasteiger partial charge in [0.1, 0.15) is 40.8 Å². The van der Waals surface area contributed by atoms with Gasteiger partial charge in [-0.2, -0.15) is 0 Å². The number of benzene rings is 2. The number of hydrogen-bond donors (Lipinski definition) is 2. The lowest BCUT2D eigenvalue weighted by Gasteiger charge is -2.44. The predicted molar refractivity (Wildman–Crippen MR) is 110 cm³/mol. The Kier molecular flexibility index (Phi) is 3.98. The standard InChI is InChI=1S/C23H22O8/c1-22(2)6-5-11-14(31-22)8-13(24)19-20(11)30-18-10-29-15-9-17(28-4)16(27-3)7-12(15)23(18,26)21(19)25/h5-9,18,24,26H,10H2,1-4H3/t18?,23-/m0/s1. The topological polar surface area (TPSA) is 104 Å². The van der Waals surface area contributed by atoms with Crippen molar-refractivity contribution in [1.82, 2.24) is 0 Å². The molecule has 2 N–H and O–H groups in total. The van der Waals surface area contributed by atoms with Gasteiger partial charge in [-0.1, -0.05) is 0 Å². The second-order valence-electron chi connectivity index (χ2n) is 8.27. The summed E-state index contributed by atoms with van der Waals surface area (Å²) in [6, 6.07) is 4.42. The second-order valence-corrected chi connectivity index (χ2v) is 8.27. The molecule has 8 heteroatoms. The number of carbonyl (C=O) groups is 1. The molecule has 0 aliphatic carbocycles. The Bertz CT molecular complexity index is 1150. The van der Waals surface area contributed by atoms with Crippen LogP contribution in [-0.4, -0.2) is 48.5 Å². The van der Waals surface area contributed by atoms with Gasteiger partial charge in [0.15, 0.2) is 23.2 Å². The molecule has 3 aliphatic rings. The number of carbonyl (C=O) groups excluding carboxylic acids is 1. The molecule has 0 saturated heterocycles. The molecule has 8 nitrogen and oxygen atoms in total. The first kappa shape index (κ1) is 19.6. The van der Waals surface area contributed by atoms with E-state index >= 15 is 0 Å². The zero-order chi connectivity index (χ0) is 22.1. The lowest BCUT2D eigenvalue weighted by Crippen LogP contribution is -2.57. The minimum absolute atomic E-state index is 0.0787. The lowest BCUT2D eigenvalue weighted by molar-refractivity contribution is -0.0804.